The van der Waals surface area contributed by atoms with Crippen LogP contribution in [0.1, 0.15) is 24.4 Å². The van der Waals surface area contributed by atoms with Crippen LogP contribution in [0.5, 0.6) is 0 Å². The van der Waals surface area contributed by atoms with Crippen LogP contribution in [0.25, 0.3) is 11.0 Å². The topological polar surface area (TPSA) is 63.7 Å². The molecule has 98 valence electrons. The predicted molar refractivity (Wildman–Crippen MR) is 70.8 cm³/mol. The van der Waals surface area contributed by atoms with Crippen LogP contribution in [0.2, 0.25) is 0 Å². The Morgan fingerprint density at radius 1 is 1.58 bits per heavy atom. The van der Waals surface area contributed by atoms with Gasteiger partial charge in [0, 0.05) is 13.2 Å². The summed E-state index contributed by atoms with van der Waals surface area (Å²) in [5.74, 6) is 1.12. The van der Waals surface area contributed by atoms with Crippen LogP contribution in [0.4, 0.5) is 0 Å². The number of pyridine rings is 1. The van der Waals surface area contributed by atoms with Crippen molar-refractivity contribution >= 4 is 22.6 Å². The largest absolute Gasteiger partial charge is 0.376 e. The van der Waals surface area contributed by atoms with E-state index in [4.69, 9.17) is 21.6 Å². The molecule has 6 heteroatoms. The summed E-state index contributed by atoms with van der Waals surface area (Å²) in [6, 6.07) is 3.71. The highest BCUT2D eigenvalue weighted by atomic mass is 35.5. The first kappa shape index (κ1) is 12.4. The summed E-state index contributed by atoms with van der Waals surface area (Å²) in [4.78, 5) is 8.57. The second-order valence-corrected chi connectivity index (χ2v) is 5.07. The van der Waals surface area contributed by atoms with Crippen molar-refractivity contribution in [1.29, 1.82) is 5.26 Å². The van der Waals surface area contributed by atoms with Gasteiger partial charge in [-0.15, -0.1) is 11.6 Å². The van der Waals surface area contributed by atoms with E-state index in [1.807, 2.05) is 10.6 Å². The third-order valence-corrected chi connectivity index (χ3v) is 3.87. The van der Waals surface area contributed by atoms with Gasteiger partial charge in [-0.1, -0.05) is 0 Å². The highest BCUT2D eigenvalue weighted by Crippen LogP contribution is 2.41. The molecule has 19 heavy (non-hydrogen) atoms. The second kappa shape index (κ2) is 4.48. The van der Waals surface area contributed by atoms with Crippen molar-refractivity contribution in [2.75, 3.05) is 7.11 Å². The number of halogens is 1. The van der Waals surface area contributed by atoms with Gasteiger partial charge in [0.2, 0.25) is 0 Å². The molecule has 1 aliphatic carbocycles. The Morgan fingerprint density at radius 2 is 2.37 bits per heavy atom. The van der Waals surface area contributed by atoms with E-state index in [1.54, 1.807) is 19.4 Å². The van der Waals surface area contributed by atoms with Crippen molar-refractivity contribution in [3.8, 4) is 6.07 Å². The number of nitrogens with zero attached hydrogens (tertiary/aromatic N) is 4. The minimum atomic E-state index is -0.0810. The first-order valence-corrected chi connectivity index (χ1v) is 6.61. The number of hydrogen-bond donors (Lipinski definition) is 0. The van der Waals surface area contributed by atoms with Crippen LogP contribution in [0.3, 0.4) is 0 Å². The third-order valence-electron chi connectivity index (χ3n) is 3.63. The minimum absolute atomic E-state index is 0.0810. The maximum absolute atomic E-state index is 8.87. The summed E-state index contributed by atoms with van der Waals surface area (Å²) in [6.45, 7) is 0.732. The number of imidazole rings is 1. The van der Waals surface area contributed by atoms with Crippen LogP contribution in [0, 0.1) is 11.3 Å². The van der Waals surface area contributed by atoms with Gasteiger partial charge >= 0.3 is 0 Å². The van der Waals surface area contributed by atoms with Crippen LogP contribution in [0.15, 0.2) is 12.3 Å². The van der Waals surface area contributed by atoms with E-state index in [9.17, 15) is 0 Å². The molecule has 0 atom stereocenters. The molecule has 1 aliphatic rings. The Kier molecular flexibility index (Phi) is 2.92. The second-order valence-electron chi connectivity index (χ2n) is 4.81. The SMILES string of the molecule is COC1(Cn2c(CCl)nc3cc(C#N)ncc32)CC1. The van der Waals surface area contributed by atoms with Crippen LogP contribution in [-0.2, 0) is 17.2 Å². The maximum Gasteiger partial charge on any atom is 0.142 e. The number of ether oxygens (including phenoxy) is 1. The lowest BCUT2D eigenvalue weighted by Gasteiger charge is -2.16. The van der Waals surface area contributed by atoms with E-state index in [0.29, 0.717) is 11.6 Å². The van der Waals surface area contributed by atoms with Crippen molar-refractivity contribution < 1.29 is 4.74 Å². The Balaban J connectivity index is 2.09. The molecule has 1 fully saturated rings. The smallest absolute Gasteiger partial charge is 0.142 e. The molecular weight excluding hydrogens is 264 g/mol. The summed E-state index contributed by atoms with van der Waals surface area (Å²) in [6.07, 6.45) is 3.78. The van der Waals surface area contributed by atoms with Gasteiger partial charge in [0.05, 0.1) is 35.3 Å². The average Bonchev–Trinajstić information content (AvgIpc) is 3.14. The van der Waals surface area contributed by atoms with E-state index < -0.39 is 0 Å². The molecule has 2 heterocycles. The fourth-order valence-corrected chi connectivity index (χ4v) is 2.47. The number of rotatable bonds is 4. The Labute approximate surface area is 115 Å². The molecule has 3 rings (SSSR count). The van der Waals surface area contributed by atoms with Gasteiger partial charge in [0.15, 0.2) is 0 Å². The summed E-state index contributed by atoms with van der Waals surface area (Å²) in [5, 5.41) is 8.87. The standard InChI is InChI=1S/C13H13ClN4O/c1-19-13(2-3-13)8-18-11-7-16-9(6-15)4-10(11)17-12(18)5-14/h4,7H,2-3,5,8H2,1H3. The van der Waals surface area contributed by atoms with Crippen LogP contribution < -0.4 is 0 Å². The van der Waals surface area contributed by atoms with Crippen molar-refractivity contribution in [2.45, 2.75) is 30.9 Å². The lowest BCUT2D eigenvalue weighted by atomic mass is 10.3. The van der Waals surface area contributed by atoms with Gasteiger partial charge < -0.3 is 9.30 Å². The molecule has 0 N–H and O–H groups in total. The summed E-state index contributed by atoms with van der Waals surface area (Å²) in [7, 11) is 1.73. The van der Waals surface area contributed by atoms with Crippen molar-refractivity contribution in [3.05, 3.63) is 23.8 Å². The molecule has 0 aliphatic heterocycles. The quantitative estimate of drug-likeness (QED) is 0.803. The monoisotopic (exact) mass is 276 g/mol. The van der Waals surface area contributed by atoms with Gasteiger partial charge in [-0.05, 0) is 12.8 Å². The van der Waals surface area contributed by atoms with E-state index in [0.717, 1.165) is 36.2 Å². The highest BCUT2D eigenvalue weighted by Gasteiger charge is 2.44. The first-order valence-electron chi connectivity index (χ1n) is 6.08. The van der Waals surface area contributed by atoms with E-state index >= 15 is 0 Å². The molecule has 0 bridgehead atoms. The van der Waals surface area contributed by atoms with Gasteiger partial charge in [-0.2, -0.15) is 5.26 Å². The molecule has 0 unspecified atom stereocenters. The molecule has 0 saturated heterocycles. The van der Waals surface area contributed by atoms with Crippen LogP contribution in [-0.4, -0.2) is 27.2 Å². The number of fused-ring (bicyclic) bond motifs is 1. The molecular formula is C13H13ClN4O. The Morgan fingerprint density at radius 3 is 2.95 bits per heavy atom. The zero-order valence-electron chi connectivity index (χ0n) is 10.6. The first-order chi connectivity index (χ1) is 9.21. The lowest BCUT2D eigenvalue weighted by Crippen LogP contribution is -2.21. The van der Waals surface area contributed by atoms with E-state index in [1.165, 1.54) is 0 Å². The molecule has 0 spiro atoms. The number of nitriles is 1. The van der Waals surface area contributed by atoms with Gasteiger partial charge in [0.1, 0.15) is 17.6 Å². The molecule has 0 amide bonds. The molecule has 0 radical (unpaired) electrons. The van der Waals surface area contributed by atoms with E-state index in [-0.39, 0.29) is 5.60 Å². The normalized spacial score (nSPS) is 16.5. The number of alkyl halides is 1. The minimum Gasteiger partial charge on any atom is -0.376 e. The van der Waals surface area contributed by atoms with E-state index in [2.05, 4.69) is 9.97 Å². The Bertz CT molecular complexity index is 669. The molecule has 2 aromatic rings. The zero-order valence-corrected chi connectivity index (χ0v) is 11.3. The van der Waals surface area contributed by atoms with Crippen LogP contribution >= 0.6 is 11.6 Å². The molecule has 5 nitrogen and oxygen atoms in total. The summed E-state index contributed by atoms with van der Waals surface area (Å²) >= 11 is 5.96. The summed E-state index contributed by atoms with van der Waals surface area (Å²) < 4.78 is 7.60. The number of aromatic nitrogens is 3. The maximum atomic E-state index is 8.87. The molecule has 0 aromatic carbocycles. The highest BCUT2D eigenvalue weighted by molar-refractivity contribution is 6.16. The predicted octanol–water partition coefficient (Wildman–Crippen LogP) is 2.22. The Hall–Kier alpha value is -1.64. The molecule has 1 saturated carbocycles. The van der Waals surface area contributed by atoms with Gasteiger partial charge in [-0.3, -0.25) is 0 Å². The number of methoxy groups -OCH3 is 1. The fraction of sp³-hybridized carbons (Fsp3) is 0.462. The van der Waals surface area contributed by atoms with Gasteiger partial charge in [0.25, 0.3) is 0 Å². The fourth-order valence-electron chi connectivity index (χ4n) is 2.27. The zero-order chi connectivity index (χ0) is 13.5. The van der Waals surface area contributed by atoms with Crippen molar-refractivity contribution in [1.82, 2.24) is 14.5 Å². The van der Waals surface area contributed by atoms with Gasteiger partial charge in [-0.25, -0.2) is 9.97 Å². The number of hydrogen-bond acceptors (Lipinski definition) is 4. The molecule has 2 aromatic heterocycles. The summed E-state index contributed by atoms with van der Waals surface area (Å²) in [5.41, 5.74) is 1.95. The lowest BCUT2D eigenvalue weighted by molar-refractivity contribution is 0.0655. The van der Waals surface area contributed by atoms with Crippen molar-refractivity contribution in [2.24, 2.45) is 0 Å². The average molecular weight is 277 g/mol. The third kappa shape index (κ3) is 2.07. The van der Waals surface area contributed by atoms with Crippen molar-refractivity contribution in [3.63, 3.8) is 0 Å².